The maximum Gasteiger partial charge on any atom is 0.250 e. The molecule has 1 N–H and O–H groups in total. The molecule has 2 aliphatic rings. The number of hydrogen-bond donors (Lipinski definition) is 1. The molecule has 1 aromatic heterocycles. The Bertz CT molecular complexity index is 761. The fourth-order valence-electron chi connectivity index (χ4n) is 3.15. The summed E-state index contributed by atoms with van der Waals surface area (Å²) in [5.74, 6) is 1.14. The highest BCUT2D eigenvalue weighted by atomic mass is 35.6. The highest BCUT2D eigenvalue weighted by Gasteiger charge is 2.40. The van der Waals surface area contributed by atoms with Crippen LogP contribution >= 0.6 is 46.4 Å². The van der Waals surface area contributed by atoms with Crippen LogP contribution in [-0.4, -0.2) is 40.1 Å². The van der Waals surface area contributed by atoms with Gasteiger partial charge in [-0.25, -0.2) is 4.98 Å². The third-order valence-electron chi connectivity index (χ3n) is 4.29. The summed E-state index contributed by atoms with van der Waals surface area (Å²) < 4.78 is -1.71. The molecule has 2 unspecified atom stereocenters. The number of fused-ring (bicyclic) bond motifs is 2. The molecule has 2 aromatic rings. The molecule has 0 radical (unpaired) electrons. The van der Waals surface area contributed by atoms with Crippen LogP contribution in [0.1, 0.15) is 12.2 Å². The Morgan fingerprint density at radius 1 is 1.08 bits per heavy atom. The molecule has 2 saturated heterocycles. The molecule has 2 fully saturated rings. The molecular weight excluding hydrogens is 392 g/mol. The van der Waals surface area contributed by atoms with Gasteiger partial charge in [-0.15, -0.1) is 0 Å². The third kappa shape index (κ3) is 3.16. The minimum absolute atomic E-state index is 0.123. The van der Waals surface area contributed by atoms with Crippen molar-refractivity contribution in [3.05, 3.63) is 35.1 Å². The fourth-order valence-corrected chi connectivity index (χ4v) is 3.53. The molecule has 2 atom stereocenters. The van der Waals surface area contributed by atoms with Crippen molar-refractivity contribution in [3.63, 3.8) is 0 Å². The third-order valence-corrected chi connectivity index (χ3v) is 5.05. The summed E-state index contributed by atoms with van der Waals surface area (Å²) in [5, 5.41) is 4.08. The van der Waals surface area contributed by atoms with Crippen LogP contribution in [0, 0.1) is 0 Å². The highest BCUT2D eigenvalue weighted by Crippen LogP contribution is 2.38. The largest absolute Gasteiger partial charge is 0.335 e. The standard InChI is InChI=1S/C15H13Cl4N5/c16-9-3-1-8(2-4-9)12-21-13(15(17,18)19)23-14(22-12)24-7-10-5-11(24)6-20-10/h1-4,10-11,20H,5-7H2. The second-order valence-electron chi connectivity index (χ2n) is 5.93. The molecule has 24 heavy (non-hydrogen) atoms. The number of rotatable bonds is 2. The molecule has 2 bridgehead atoms. The van der Waals surface area contributed by atoms with Crippen LogP contribution in [-0.2, 0) is 3.79 Å². The number of aromatic nitrogens is 3. The minimum atomic E-state index is -1.71. The molecule has 0 spiro atoms. The van der Waals surface area contributed by atoms with E-state index in [0.29, 0.717) is 28.9 Å². The van der Waals surface area contributed by atoms with Crippen LogP contribution in [0.3, 0.4) is 0 Å². The number of halogens is 4. The van der Waals surface area contributed by atoms with Crippen molar-refractivity contribution in [2.45, 2.75) is 22.3 Å². The molecule has 0 saturated carbocycles. The van der Waals surface area contributed by atoms with E-state index in [1.165, 1.54) is 0 Å². The van der Waals surface area contributed by atoms with Crippen LogP contribution in [0.4, 0.5) is 5.95 Å². The second-order valence-corrected chi connectivity index (χ2v) is 8.65. The van der Waals surface area contributed by atoms with Gasteiger partial charge in [-0.2, -0.15) is 9.97 Å². The van der Waals surface area contributed by atoms with Gasteiger partial charge in [-0.05, 0) is 30.7 Å². The van der Waals surface area contributed by atoms with Gasteiger partial charge in [0.1, 0.15) is 0 Å². The van der Waals surface area contributed by atoms with Gasteiger partial charge in [-0.3, -0.25) is 0 Å². The normalized spacial score (nSPS) is 23.1. The molecule has 2 aliphatic heterocycles. The van der Waals surface area contributed by atoms with Gasteiger partial charge >= 0.3 is 0 Å². The number of anilines is 1. The summed E-state index contributed by atoms with van der Waals surface area (Å²) in [4.78, 5) is 15.5. The van der Waals surface area contributed by atoms with Gasteiger partial charge in [-0.1, -0.05) is 46.4 Å². The first kappa shape index (κ1) is 16.6. The minimum Gasteiger partial charge on any atom is -0.335 e. The Hall–Kier alpha value is -0.850. The Balaban J connectivity index is 1.79. The van der Waals surface area contributed by atoms with Crippen LogP contribution in [0.2, 0.25) is 5.02 Å². The molecule has 0 aliphatic carbocycles. The van der Waals surface area contributed by atoms with Crippen molar-refractivity contribution in [2.24, 2.45) is 0 Å². The number of alkyl halides is 3. The van der Waals surface area contributed by atoms with Crippen molar-refractivity contribution in [3.8, 4) is 11.4 Å². The second kappa shape index (κ2) is 6.15. The van der Waals surface area contributed by atoms with Gasteiger partial charge in [0.2, 0.25) is 9.74 Å². The summed E-state index contributed by atoms with van der Waals surface area (Å²) >= 11 is 24.0. The lowest BCUT2D eigenvalue weighted by atomic mass is 10.2. The van der Waals surface area contributed by atoms with E-state index in [1.807, 2.05) is 12.1 Å². The summed E-state index contributed by atoms with van der Waals surface area (Å²) in [5.41, 5.74) is 0.793. The Labute approximate surface area is 159 Å². The molecule has 9 heteroatoms. The number of hydrogen-bond acceptors (Lipinski definition) is 5. The van der Waals surface area contributed by atoms with E-state index in [9.17, 15) is 0 Å². The zero-order valence-electron chi connectivity index (χ0n) is 12.4. The van der Waals surface area contributed by atoms with E-state index < -0.39 is 3.79 Å². The topological polar surface area (TPSA) is 53.9 Å². The lowest BCUT2D eigenvalue weighted by Gasteiger charge is -2.28. The van der Waals surface area contributed by atoms with E-state index in [2.05, 4.69) is 25.2 Å². The average molecular weight is 405 g/mol. The van der Waals surface area contributed by atoms with Crippen LogP contribution in [0.15, 0.2) is 24.3 Å². The quantitative estimate of drug-likeness (QED) is 0.775. The first-order valence-corrected chi connectivity index (χ1v) is 9.00. The zero-order valence-corrected chi connectivity index (χ0v) is 15.4. The molecule has 4 rings (SSSR count). The van der Waals surface area contributed by atoms with Gasteiger partial charge in [0, 0.05) is 35.8 Å². The first-order chi connectivity index (χ1) is 11.4. The first-order valence-electron chi connectivity index (χ1n) is 7.49. The number of nitrogens with zero attached hydrogens (tertiary/aromatic N) is 4. The van der Waals surface area contributed by atoms with Crippen molar-refractivity contribution >= 4 is 52.4 Å². The predicted octanol–water partition coefficient (Wildman–Crippen LogP) is 3.57. The molecule has 1 aromatic carbocycles. The lowest BCUT2D eigenvalue weighted by molar-refractivity contribution is 0.570. The SMILES string of the molecule is Clc1ccc(-c2nc(N3CC4CC3CN4)nc(C(Cl)(Cl)Cl)n2)cc1. The van der Waals surface area contributed by atoms with Gasteiger partial charge in [0.25, 0.3) is 0 Å². The van der Waals surface area contributed by atoms with E-state index in [4.69, 9.17) is 46.4 Å². The number of piperazine rings is 1. The average Bonchev–Trinajstić information content (AvgIpc) is 3.17. The smallest absolute Gasteiger partial charge is 0.250 e. The van der Waals surface area contributed by atoms with Crippen molar-refractivity contribution in [2.75, 3.05) is 18.0 Å². The molecule has 126 valence electrons. The number of benzene rings is 1. The number of nitrogens with one attached hydrogen (secondary N) is 1. The molecular formula is C15H13Cl4N5. The summed E-state index contributed by atoms with van der Waals surface area (Å²) in [6, 6.07) is 8.04. The van der Waals surface area contributed by atoms with E-state index in [1.54, 1.807) is 12.1 Å². The van der Waals surface area contributed by atoms with Crippen LogP contribution in [0.5, 0.6) is 0 Å². The van der Waals surface area contributed by atoms with Gasteiger partial charge in [0.15, 0.2) is 11.6 Å². The van der Waals surface area contributed by atoms with Crippen molar-refractivity contribution < 1.29 is 0 Å². The Morgan fingerprint density at radius 3 is 2.42 bits per heavy atom. The maximum atomic E-state index is 6.03. The van der Waals surface area contributed by atoms with E-state index >= 15 is 0 Å². The zero-order chi connectivity index (χ0) is 16.9. The van der Waals surface area contributed by atoms with Gasteiger partial charge < -0.3 is 10.2 Å². The van der Waals surface area contributed by atoms with Gasteiger partial charge in [0.05, 0.1) is 0 Å². The fraction of sp³-hybridized carbons (Fsp3) is 0.400. The maximum absolute atomic E-state index is 6.03. The summed E-state index contributed by atoms with van der Waals surface area (Å²) in [6.07, 6.45) is 1.07. The lowest BCUT2D eigenvalue weighted by Crippen LogP contribution is -2.44. The molecule has 5 nitrogen and oxygen atoms in total. The molecule has 0 amide bonds. The molecule has 3 heterocycles. The van der Waals surface area contributed by atoms with Crippen molar-refractivity contribution in [1.82, 2.24) is 20.3 Å². The summed E-state index contributed by atoms with van der Waals surface area (Å²) in [7, 11) is 0. The Kier molecular flexibility index (Phi) is 4.25. The Morgan fingerprint density at radius 2 is 1.83 bits per heavy atom. The summed E-state index contributed by atoms with van der Waals surface area (Å²) in [6.45, 7) is 1.75. The van der Waals surface area contributed by atoms with Crippen LogP contribution in [0.25, 0.3) is 11.4 Å². The van der Waals surface area contributed by atoms with Crippen LogP contribution < -0.4 is 10.2 Å². The van der Waals surface area contributed by atoms with E-state index in [0.717, 1.165) is 25.1 Å². The monoisotopic (exact) mass is 403 g/mol. The highest BCUT2D eigenvalue weighted by molar-refractivity contribution is 6.66. The van der Waals surface area contributed by atoms with E-state index in [-0.39, 0.29) is 5.82 Å². The van der Waals surface area contributed by atoms with Crippen molar-refractivity contribution in [1.29, 1.82) is 0 Å². The predicted molar refractivity (Wildman–Crippen MR) is 97.1 cm³/mol.